The normalized spacial score (nSPS) is 16.5. The van der Waals surface area contributed by atoms with E-state index in [-0.39, 0.29) is 5.78 Å². The molecule has 156 valence electrons. The van der Waals surface area contributed by atoms with Gasteiger partial charge in [-0.05, 0) is 47.5 Å². The Labute approximate surface area is 181 Å². The van der Waals surface area contributed by atoms with Gasteiger partial charge in [0.25, 0.3) is 0 Å². The summed E-state index contributed by atoms with van der Waals surface area (Å²) >= 11 is 0. The van der Waals surface area contributed by atoms with Crippen LogP contribution in [0.4, 0.5) is 5.69 Å². The number of allylic oxidation sites excluding steroid dienone is 1. The molecule has 0 radical (unpaired) electrons. The molecule has 31 heavy (non-hydrogen) atoms. The topological polar surface area (TPSA) is 54.9 Å². The number of anilines is 1. The molecule has 0 saturated carbocycles. The van der Waals surface area contributed by atoms with E-state index in [9.17, 15) is 4.79 Å². The van der Waals surface area contributed by atoms with Gasteiger partial charge >= 0.3 is 0 Å². The number of aromatic nitrogens is 1. The third-order valence-electron chi connectivity index (χ3n) is 5.52. The summed E-state index contributed by atoms with van der Waals surface area (Å²) in [4.78, 5) is 21.3. The number of carbonyl (C=O) groups excluding carboxylic acids is 1. The lowest BCUT2D eigenvalue weighted by Crippen LogP contribution is -2.31. The molecule has 6 nitrogen and oxygen atoms in total. The van der Waals surface area contributed by atoms with Crippen LogP contribution in [-0.2, 0) is 13.1 Å². The van der Waals surface area contributed by atoms with Gasteiger partial charge in [-0.1, -0.05) is 18.2 Å². The van der Waals surface area contributed by atoms with Gasteiger partial charge < -0.3 is 14.4 Å². The second-order valence-electron chi connectivity index (χ2n) is 7.97. The minimum Gasteiger partial charge on any atom is -0.478 e. The van der Waals surface area contributed by atoms with Crippen molar-refractivity contribution >= 4 is 17.5 Å². The van der Waals surface area contributed by atoms with Crippen LogP contribution in [0.15, 0.2) is 66.7 Å². The number of hydrogen-bond donors (Lipinski definition) is 0. The first-order valence-corrected chi connectivity index (χ1v) is 10.2. The highest BCUT2D eigenvalue weighted by molar-refractivity contribution is 6.15. The zero-order chi connectivity index (χ0) is 21.4. The van der Waals surface area contributed by atoms with Crippen LogP contribution in [0.2, 0.25) is 0 Å². The van der Waals surface area contributed by atoms with Gasteiger partial charge in [-0.15, -0.1) is 0 Å². The minimum atomic E-state index is -0.0983. The molecule has 1 aromatic heterocycles. The molecule has 0 aliphatic carbocycles. The predicted octanol–water partition coefficient (Wildman–Crippen LogP) is 4.12. The molecule has 0 saturated heterocycles. The average Bonchev–Trinajstić information content (AvgIpc) is 3.10. The number of hydrogen-bond acceptors (Lipinski definition) is 6. The number of ketones is 1. The smallest absolute Gasteiger partial charge is 0.231 e. The van der Waals surface area contributed by atoms with E-state index >= 15 is 0 Å². The molecule has 2 aromatic carbocycles. The van der Waals surface area contributed by atoms with Crippen LogP contribution in [-0.4, -0.2) is 36.5 Å². The molecular formula is C25H23N3O3. The summed E-state index contributed by atoms with van der Waals surface area (Å²) in [6.07, 6.45) is 5.42. The maximum atomic E-state index is 13.0. The highest BCUT2D eigenvalue weighted by atomic mass is 16.5. The van der Waals surface area contributed by atoms with E-state index in [0.29, 0.717) is 36.9 Å². The second kappa shape index (κ2) is 7.89. The van der Waals surface area contributed by atoms with E-state index in [1.807, 2.05) is 67.7 Å². The maximum absolute atomic E-state index is 13.0. The summed E-state index contributed by atoms with van der Waals surface area (Å²) in [6.45, 7) is 1.84. The van der Waals surface area contributed by atoms with Gasteiger partial charge in [-0.3, -0.25) is 14.7 Å². The number of Topliss-reactive ketones (excluding diaryl/α,β-unsaturated/α-hetero) is 1. The van der Waals surface area contributed by atoms with Crippen LogP contribution in [0.5, 0.6) is 11.5 Å². The minimum absolute atomic E-state index is 0.0983. The third-order valence-corrected chi connectivity index (χ3v) is 5.52. The molecule has 5 rings (SSSR count). The lowest BCUT2D eigenvalue weighted by atomic mass is 10.0. The Kier molecular flexibility index (Phi) is 4.92. The molecule has 3 heterocycles. The number of fused-ring (bicyclic) bond motifs is 3. The van der Waals surface area contributed by atoms with E-state index in [4.69, 9.17) is 9.47 Å². The van der Waals surface area contributed by atoms with Crippen LogP contribution in [0.3, 0.4) is 0 Å². The highest BCUT2D eigenvalue weighted by Crippen LogP contribution is 2.42. The second-order valence-corrected chi connectivity index (χ2v) is 7.97. The average molecular weight is 413 g/mol. The molecule has 0 bridgehead atoms. The first-order valence-electron chi connectivity index (χ1n) is 10.2. The third kappa shape index (κ3) is 3.78. The SMILES string of the molecule is CN(C)c1ccc(/C=C2\Oc3c(ccc4c3CN(Cc3cccnc3)CO4)C2=O)cc1. The Morgan fingerprint density at radius 2 is 1.97 bits per heavy atom. The molecule has 0 N–H and O–H groups in total. The fourth-order valence-electron chi connectivity index (χ4n) is 3.88. The van der Waals surface area contributed by atoms with Gasteiger partial charge in [0.1, 0.15) is 18.2 Å². The maximum Gasteiger partial charge on any atom is 0.231 e. The molecule has 0 atom stereocenters. The highest BCUT2D eigenvalue weighted by Gasteiger charge is 2.33. The first kappa shape index (κ1) is 19.3. The van der Waals surface area contributed by atoms with Crippen molar-refractivity contribution in [2.45, 2.75) is 13.1 Å². The number of pyridine rings is 1. The lowest BCUT2D eigenvalue weighted by molar-refractivity contribution is 0.0872. The molecule has 6 heteroatoms. The summed E-state index contributed by atoms with van der Waals surface area (Å²) in [5, 5.41) is 0. The number of ether oxygens (including phenoxy) is 2. The van der Waals surface area contributed by atoms with E-state index in [1.54, 1.807) is 18.3 Å². The fourth-order valence-corrected chi connectivity index (χ4v) is 3.88. The molecule has 0 amide bonds. The molecule has 2 aliphatic rings. The molecule has 3 aromatic rings. The summed E-state index contributed by atoms with van der Waals surface area (Å²) < 4.78 is 12.0. The van der Waals surface area contributed by atoms with E-state index in [0.717, 1.165) is 28.1 Å². The van der Waals surface area contributed by atoms with Crippen molar-refractivity contribution < 1.29 is 14.3 Å². The van der Waals surface area contributed by atoms with Crippen LogP contribution < -0.4 is 14.4 Å². The standard InChI is InChI=1S/C25H23N3O3/c1-27(2)19-7-5-17(6-8-19)12-23-24(29)20-9-10-22-21(25(20)31-23)15-28(16-30-22)14-18-4-3-11-26-13-18/h3-13H,14-16H2,1-2H3/b23-12-. The monoisotopic (exact) mass is 413 g/mol. The van der Waals surface area contributed by atoms with Gasteiger partial charge in [-0.25, -0.2) is 0 Å². The number of benzene rings is 2. The number of carbonyl (C=O) groups is 1. The van der Waals surface area contributed by atoms with E-state index < -0.39 is 0 Å². The van der Waals surface area contributed by atoms with Gasteiger partial charge in [0, 0.05) is 45.3 Å². The number of rotatable bonds is 4. The Hall–Kier alpha value is -3.64. The van der Waals surface area contributed by atoms with Gasteiger partial charge in [0.2, 0.25) is 5.78 Å². The number of nitrogens with zero attached hydrogens (tertiary/aromatic N) is 3. The van der Waals surface area contributed by atoms with Crippen LogP contribution in [0.25, 0.3) is 6.08 Å². The first-order chi connectivity index (χ1) is 15.1. The Balaban J connectivity index is 1.40. The largest absolute Gasteiger partial charge is 0.478 e. The van der Waals surface area contributed by atoms with E-state index in [2.05, 4.69) is 9.88 Å². The lowest BCUT2D eigenvalue weighted by Gasteiger charge is -2.29. The summed E-state index contributed by atoms with van der Waals surface area (Å²) in [5.74, 6) is 1.62. The summed E-state index contributed by atoms with van der Waals surface area (Å²) in [6, 6.07) is 15.6. The molecule has 0 unspecified atom stereocenters. The Morgan fingerprint density at radius 3 is 2.71 bits per heavy atom. The zero-order valence-corrected chi connectivity index (χ0v) is 17.5. The van der Waals surface area contributed by atoms with Crippen LogP contribution >= 0.6 is 0 Å². The van der Waals surface area contributed by atoms with Crippen molar-refractivity contribution in [1.29, 1.82) is 0 Å². The van der Waals surface area contributed by atoms with Crippen molar-refractivity contribution in [3.8, 4) is 11.5 Å². The Bertz CT molecular complexity index is 1150. The summed E-state index contributed by atoms with van der Waals surface area (Å²) in [7, 11) is 3.99. The molecular weight excluding hydrogens is 390 g/mol. The van der Waals surface area contributed by atoms with Crippen molar-refractivity contribution in [1.82, 2.24) is 9.88 Å². The quantitative estimate of drug-likeness (QED) is 0.600. The van der Waals surface area contributed by atoms with Crippen molar-refractivity contribution in [3.63, 3.8) is 0 Å². The van der Waals surface area contributed by atoms with Gasteiger partial charge in [0.15, 0.2) is 5.76 Å². The predicted molar refractivity (Wildman–Crippen MR) is 119 cm³/mol. The summed E-state index contributed by atoms with van der Waals surface area (Å²) in [5.41, 5.74) is 4.63. The fraction of sp³-hybridized carbons (Fsp3) is 0.200. The van der Waals surface area contributed by atoms with Crippen molar-refractivity contribution in [2.24, 2.45) is 0 Å². The van der Waals surface area contributed by atoms with Crippen molar-refractivity contribution in [3.05, 3.63) is 88.9 Å². The van der Waals surface area contributed by atoms with Gasteiger partial charge in [-0.2, -0.15) is 0 Å². The van der Waals surface area contributed by atoms with E-state index in [1.165, 1.54) is 0 Å². The van der Waals surface area contributed by atoms with Crippen LogP contribution in [0.1, 0.15) is 27.0 Å². The molecule has 2 aliphatic heterocycles. The molecule has 0 spiro atoms. The Morgan fingerprint density at radius 1 is 1.13 bits per heavy atom. The molecule has 0 fully saturated rings. The van der Waals surface area contributed by atoms with Crippen molar-refractivity contribution in [2.75, 3.05) is 25.7 Å². The van der Waals surface area contributed by atoms with Gasteiger partial charge in [0.05, 0.1) is 11.1 Å². The zero-order valence-electron chi connectivity index (χ0n) is 17.5. The van der Waals surface area contributed by atoms with Crippen LogP contribution in [0, 0.1) is 0 Å².